The summed E-state index contributed by atoms with van der Waals surface area (Å²) in [5.41, 5.74) is 3.58. The highest BCUT2D eigenvalue weighted by molar-refractivity contribution is 6.36. The molecule has 1 unspecified atom stereocenters. The third kappa shape index (κ3) is 8.24. The quantitative estimate of drug-likeness (QED) is 0.265. The highest BCUT2D eigenvalue weighted by Gasteiger charge is 2.31. The predicted molar refractivity (Wildman–Crippen MR) is 150 cm³/mol. The van der Waals surface area contributed by atoms with Crippen LogP contribution in [-0.4, -0.2) is 35.9 Å². The zero-order chi connectivity index (χ0) is 26.8. The molecule has 3 aromatic carbocycles. The lowest BCUT2D eigenvalue weighted by Crippen LogP contribution is -2.52. The van der Waals surface area contributed by atoms with Crippen molar-refractivity contribution in [3.63, 3.8) is 0 Å². The number of carbonyl (C=O) groups excluding carboxylic acids is 2. The van der Waals surface area contributed by atoms with E-state index in [-0.39, 0.29) is 25.0 Å². The molecule has 0 bridgehead atoms. The summed E-state index contributed by atoms with van der Waals surface area (Å²) in [5, 5.41) is 3.88. The molecule has 0 radical (unpaired) electrons. The molecule has 0 spiro atoms. The largest absolute Gasteiger partial charge is 0.483 e. The molecule has 2 amide bonds. The summed E-state index contributed by atoms with van der Waals surface area (Å²) in [6.45, 7) is 6.39. The molecule has 196 valence electrons. The molecule has 1 atom stereocenters. The van der Waals surface area contributed by atoms with Crippen molar-refractivity contribution in [1.82, 2.24) is 10.2 Å². The molecular weight excluding hydrogens is 507 g/mol. The fraction of sp³-hybridized carbons (Fsp3) is 0.333. The molecule has 3 rings (SSSR count). The number of carbonyl (C=O) groups is 2. The maximum Gasteiger partial charge on any atom is 0.261 e. The van der Waals surface area contributed by atoms with Crippen LogP contribution in [0.25, 0.3) is 0 Å². The van der Waals surface area contributed by atoms with Crippen molar-refractivity contribution < 1.29 is 14.3 Å². The van der Waals surface area contributed by atoms with Gasteiger partial charge in [0.25, 0.3) is 5.91 Å². The third-order valence-corrected chi connectivity index (χ3v) is 6.88. The minimum absolute atomic E-state index is 0.0757. The Bertz CT molecular complexity index is 1180. The van der Waals surface area contributed by atoms with Gasteiger partial charge in [0.15, 0.2) is 6.61 Å². The van der Waals surface area contributed by atoms with Gasteiger partial charge in [-0.25, -0.2) is 0 Å². The van der Waals surface area contributed by atoms with Crippen molar-refractivity contribution in [1.29, 1.82) is 0 Å². The average Bonchev–Trinajstić information content (AvgIpc) is 2.87. The van der Waals surface area contributed by atoms with E-state index in [1.54, 1.807) is 18.2 Å². The molecular formula is C30H34Cl2N2O3. The number of halogens is 2. The second kappa shape index (κ2) is 14.1. The van der Waals surface area contributed by atoms with Crippen LogP contribution >= 0.6 is 23.2 Å². The molecule has 0 saturated heterocycles. The van der Waals surface area contributed by atoms with E-state index in [1.165, 1.54) is 4.90 Å². The van der Waals surface area contributed by atoms with Crippen LogP contribution in [0.3, 0.4) is 0 Å². The molecule has 0 aliphatic heterocycles. The lowest BCUT2D eigenvalue weighted by molar-refractivity contribution is -0.142. The van der Waals surface area contributed by atoms with Gasteiger partial charge >= 0.3 is 0 Å². The van der Waals surface area contributed by atoms with E-state index in [9.17, 15) is 9.59 Å². The van der Waals surface area contributed by atoms with E-state index in [2.05, 4.69) is 12.2 Å². The Kier molecular flexibility index (Phi) is 10.8. The maximum atomic E-state index is 13.7. The van der Waals surface area contributed by atoms with Crippen molar-refractivity contribution in [3.05, 3.63) is 99.0 Å². The van der Waals surface area contributed by atoms with E-state index in [0.29, 0.717) is 34.3 Å². The third-order valence-electron chi connectivity index (χ3n) is 6.17. The minimum Gasteiger partial charge on any atom is -0.483 e. The number of ether oxygens (including phenoxy) is 1. The van der Waals surface area contributed by atoms with Gasteiger partial charge in [-0.05, 0) is 49.6 Å². The highest BCUT2D eigenvalue weighted by Crippen LogP contribution is 2.27. The van der Waals surface area contributed by atoms with Gasteiger partial charge in [-0.3, -0.25) is 9.59 Å². The SMILES string of the molecule is CCCCNC(=O)C(Cc1ccccc1)N(Cc1c(Cl)cccc1Cl)C(=O)COc1ccc(C)cc1C. The van der Waals surface area contributed by atoms with Crippen LogP contribution in [0, 0.1) is 13.8 Å². The zero-order valence-corrected chi connectivity index (χ0v) is 23.1. The Labute approximate surface area is 229 Å². The summed E-state index contributed by atoms with van der Waals surface area (Å²) in [6, 6.07) is 19.9. The van der Waals surface area contributed by atoms with Crippen molar-refractivity contribution in [2.24, 2.45) is 0 Å². The number of unbranched alkanes of at least 4 members (excludes halogenated alkanes) is 1. The molecule has 0 saturated carbocycles. The van der Waals surface area contributed by atoms with Crippen molar-refractivity contribution in [2.45, 2.75) is 52.6 Å². The van der Waals surface area contributed by atoms with Gasteiger partial charge in [0.2, 0.25) is 5.91 Å². The predicted octanol–water partition coefficient (Wildman–Crippen LogP) is 6.55. The lowest BCUT2D eigenvalue weighted by Gasteiger charge is -2.32. The number of hydrogen-bond acceptors (Lipinski definition) is 3. The van der Waals surface area contributed by atoms with Gasteiger partial charge in [-0.1, -0.05) is 90.6 Å². The van der Waals surface area contributed by atoms with Crippen LogP contribution in [-0.2, 0) is 22.6 Å². The number of amides is 2. The van der Waals surface area contributed by atoms with Gasteiger partial charge in [0.05, 0.1) is 0 Å². The number of nitrogens with one attached hydrogen (secondary N) is 1. The Hall–Kier alpha value is -3.02. The normalized spacial score (nSPS) is 11.6. The summed E-state index contributed by atoms with van der Waals surface area (Å²) >= 11 is 13.0. The molecule has 5 nitrogen and oxygen atoms in total. The van der Waals surface area contributed by atoms with Gasteiger partial charge in [-0.2, -0.15) is 0 Å². The molecule has 0 aliphatic carbocycles. The first-order valence-corrected chi connectivity index (χ1v) is 13.3. The number of rotatable bonds is 12. The Morgan fingerprint density at radius 1 is 0.973 bits per heavy atom. The smallest absolute Gasteiger partial charge is 0.261 e. The molecule has 0 fully saturated rings. The molecule has 3 aromatic rings. The monoisotopic (exact) mass is 540 g/mol. The molecule has 0 heterocycles. The van der Waals surface area contributed by atoms with Gasteiger partial charge in [0.1, 0.15) is 11.8 Å². The Balaban J connectivity index is 1.94. The molecule has 0 aliphatic rings. The second-order valence-electron chi connectivity index (χ2n) is 9.13. The van der Waals surface area contributed by atoms with Crippen molar-refractivity contribution in [3.8, 4) is 5.75 Å². The van der Waals surface area contributed by atoms with E-state index in [0.717, 1.165) is 29.5 Å². The lowest BCUT2D eigenvalue weighted by atomic mass is 10.0. The van der Waals surface area contributed by atoms with Crippen LogP contribution < -0.4 is 10.1 Å². The topological polar surface area (TPSA) is 58.6 Å². The van der Waals surface area contributed by atoms with E-state index < -0.39 is 6.04 Å². The van der Waals surface area contributed by atoms with Crippen LogP contribution in [0.5, 0.6) is 5.75 Å². The highest BCUT2D eigenvalue weighted by atomic mass is 35.5. The van der Waals surface area contributed by atoms with E-state index in [4.69, 9.17) is 27.9 Å². The maximum absolute atomic E-state index is 13.7. The van der Waals surface area contributed by atoms with Crippen molar-refractivity contribution >= 4 is 35.0 Å². The number of aryl methyl sites for hydroxylation is 2. The first kappa shape index (κ1) is 28.5. The van der Waals surface area contributed by atoms with Crippen LogP contribution in [0.2, 0.25) is 10.0 Å². The molecule has 7 heteroatoms. The Morgan fingerprint density at radius 3 is 2.32 bits per heavy atom. The molecule has 37 heavy (non-hydrogen) atoms. The number of benzene rings is 3. The summed E-state index contributed by atoms with van der Waals surface area (Å²) in [5.74, 6) is 0.0737. The Morgan fingerprint density at radius 2 is 1.68 bits per heavy atom. The molecule has 1 N–H and O–H groups in total. The summed E-state index contributed by atoms with van der Waals surface area (Å²) in [4.78, 5) is 28.7. The fourth-order valence-electron chi connectivity index (χ4n) is 4.10. The van der Waals surface area contributed by atoms with Gasteiger partial charge in [0, 0.05) is 35.1 Å². The number of nitrogens with zero attached hydrogens (tertiary/aromatic N) is 1. The van der Waals surface area contributed by atoms with Crippen LogP contribution in [0.15, 0.2) is 66.7 Å². The first-order valence-electron chi connectivity index (χ1n) is 12.5. The van der Waals surface area contributed by atoms with Gasteiger partial charge in [-0.15, -0.1) is 0 Å². The number of hydrogen-bond donors (Lipinski definition) is 1. The van der Waals surface area contributed by atoms with E-state index >= 15 is 0 Å². The average molecular weight is 542 g/mol. The zero-order valence-electron chi connectivity index (χ0n) is 21.6. The van der Waals surface area contributed by atoms with Crippen molar-refractivity contribution in [2.75, 3.05) is 13.2 Å². The molecule has 0 aromatic heterocycles. The first-order chi connectivity index (χ1) is 17.8. The van der Waals surface area contributed by atoms with Gasteiger partial charge < -0.3 is 15.0 Å². The fourth-order valence-corrected chi connectivity index (χ4v) is 4.61. The summed E-state index contributed by atoms with van der Waals surface area (Å²) in [6.07, 6.45) is 2.14. The van der Waals surface area contributed by atoms with E-state index in [1.807, 2.05) is 62.4 Å². The van der Waals surface area contributed by atoms with Crippen LogP contribution in [0.4, 0.5) is 0 Å². The minimum atomic E-state index is -0.776. The standard InChI is InChI=1S/C30H34Cl2N2O3/c1-4-5-16-33-30(36)27(18-23-10-7-6-8-11-23)34(19-24-25(31)12-9-13-26(24)32)29(35)20-37-28-15-14-21(2)17-22(28)3/h6-15,17,27H,4-5,16,18-20H2,1-3H3,(H,33,36). The second-order valence-corrected chi connectivity index (χ2v) is 9.94. The summed E-state index contributed by atoms with van der Waals surface area (Å²) in [7, 11) is 0. The summed E-state index contributed by atoms with van der Waals surface area (Å²) < 4.78 is 5.92. The van der Waals surface area contributed by atoms with Crippen LogP contribution in [0.1, 0.15) is 42.0 Å².